The largest absolute Gasteiger partial charge is 0.352 e. The number of nitrogens with zero attached hydrogens (tertiary/aromatic N) is 1. The lowest BCUT2D eigenvalue weighted by molar-refractivity contribution is -0.113. The zero-order chi connectivity index (χ0) is 19.1. The summed E-state index contributed by atoms with van der Waals surface area (Å²) in [6.45, 7) is 0. The van der Waals surface area contributed by atoms with Crippen LogP contribution >= 0.6 is 12.2 Å². The fraction of sp³-hybridized carbons (Fsp3) is 0. The van der Waals surface area contributed by atoms with Crippen LogP contribution in [0.15, 0.2) is 96.7 Å². The first kappa shape index (κ1) is 16.7. The highest BCUT2D eigenvalue weighted by molar-refractivity contribution is 7.81. The molecule has 0 saturated carbocycles. The van der Waals surface area contributed by atoms with Crippen molar-refractivity contribution >= 4 is 56.0 Å². The predicted octanol–water partition coefficient (Wildman–Crippen LogP) is 5.66. The van der Waals surface area contributed by atoms with E-state index in [9.17, 15) is 4.79 Å². The Morgan fingerprint density at radius 3 is 2.11 bits per heavy atom. The molecule has 1 aliphatic heterocycles. The summed E-state index contributed by atoms with van der Waals surface area (Å²) in [7, 11) is 0. The molecule has 3 nitrogen and oxygen atoms in total. The van der Waals surface area contributed by atoms with E-state index in [1.807, 2.05) is 66.7 Å². The van der Waals surface area contributed by atoms with Crippen molar-refractivity contribution in [2.45, 2.75) is 0 Å². The molecule has 4 aromatic rings. The van der Waals surface area contributed by atoms with Crippen molar-refractivity contribution in [1.29, 1.82) is 0 Å². The molecule has 0 atom stereocenters. The number of benzene rings is 4. The van der Waals surface area contributed by atoms with Crippen LogP contribution in [0, 0.1) is 0 Å². The third kappa shape index (κ3) is 2.66. The van der Waals surface area contributed by atoms with Crippen molar-refractivity contribution in [3.63, 3.8) is 0 Å². The zero-order valence-corrected chi connectivity index (χ0v) is 15.7. The topological polar surface area (TPSA) is 32.3 Å². The smallest absolute Gasteiger partial charge is 0.258 e. The van der Waals surface area contributed by atoms with Crippen LogP contribution in [0.25, 0.3) is 21.5 Å². The Hall–Kier alpha value is -3.50. The minimum absolute atomic E-state index is 0.135. The van der Waals surface area contributed by atoms with Gasteiger partial charge < -0.3 is 5.32 Å². The lowest BCUT2D eigenvalue weighted by atomic mass is 10.1. The number of hydrogen-bond acceptors (Lipinski definition) is 3. The normalized spacial score (nSPS) is 14.0. The number of thiocarbonyl (C=S) groups is 1. The molecule has 28 heavy (non-hydrogen) atoms. The summed E-state index contributed by atoms with van der Waals surface area (Å²) in [5, 5.41) is 7.67. The second-order valence-electron chi connectivity index (χ2n) is 6.69. The van der Waals surface area contributed by atoms with Gasteiger partial charge in [-0.25, -0.2) is 0 Å². The summed E-state index contributed by atoms with van der Waals surface area (Å²) >= 11 is 5.68. The lowest BCUT2D eigenvalue weighted by Crippen LogP contribution is -2.30. The van der Waals surface area contributed by atoms with Crippen LogP contribution in [-0.4, -0.2) is 10.9 Å². The first-order valence-electron chi connectivity index (χ1n) is 9.05. The second-order valence-corrected chi connectivity index (χ2v) is 7.07. The second kappa shape index (κ2) is 6.59. The quantitative estimate of drug-likeness (QED) is 0.465. The van der Waals surface area contributed by atoms with E-state index in [4.69, 9.17) is 12.2 Å². The molecule has 0 aliphatic carbocycles. The number of amides is 1. The SMILES string of the molecule is O=C1C=C(Nc2cccc3ccccc23)C(=S)N1c1cccc2ccccc12. The number of anilines is 2. The molecule has 5 rings (SSSR count). The summed E-state index contributed by atoms with van der Waals surface area (Å²) < 4.78 is 0. The van der Waals surface area contributed by atoms with Crippen molar-refractivity contribution < 1.29 is 4.79 Å². The van der Waals surface area contributed by atoms with E-state index in [0.717, 1.165) is 32.9 Å². The van der Waals surface area contributed by atoms with Crippen LogP contribution in [0.1, 0.15) is 0 Å². The molecule has 1 aliphatic rings. The molecule has 0 spiro atoms. The number of rotatable bonds is 3. The first-order valence-corrected chi connectivity index (χ1v) is 9.46. The van der Waals surface area contributed by atoms with Gasteiger partial charge >= 0.3 is 0 Å². The molecule has 1 amide bonds. The molecule has 0 bridgehead atoms. The fourth-order valence-electron chi connectivity index (χ4n) is 3.67. The molecule has 1 heterocycles. The molecule has 0 saturated heterocycles. The zero-order valence-electron chi connectivity index (χ0n) is 14.9. The van der Waals surface area contributed by atoms with Crippen molar-refractivity contribution in [3.05, 3.63) is 96.7 Å². The van der Waals surface area contributed by atoms with E-state index in [1.165, 1.54) is 0 Å². The van der Waals surface area contributed by atoms with Gasteiger partial charge in [0.2, 0.25) is 0 Å². The van der Waals surface area contributed by atoms with Crippen LogP contribution < -0.4 is 10.2 Å². The van der Waals surface area contributed by atoms with Crippen LogP contribution in [-0.2, 0) is 4.79 Å². The number of carbonyl (C=O) groups is 1. The molecular formula is C24H16N2OS. The Morgan fingerprint density at radius 1 is 0.714 bits per heavy atom. The molecule has 4 aromatic carbocycles. The van der Waals surface area contributed by atoms with Gasteiger partial charge in [0, 0.05) is 22.5 Å². The maximum absolute atomic E-state index is 12.8. The van der Waals surface area contributed by atoms with Crippen molar-refractivity contribution in [2.75, 3.05) is 10.2 Å². The molecule has 0 fully saturated rings. The highest BCUT2D eigenvalue weighted by Crippen LogP contribution is 2.32. The maximum atomic E-state index is 12.8. The average Bonchev–Trinajstić information content (AvgIpc) is 3.01. The fourth-order valence-corrected chi connectivity index (χ4v) is 3.97. The number of carbonyl (C=O) groups excluding carboxylic acids is 1. The van der Waals surface area contributed by atoms with E-state index in [-0.39, 0.29) is 5.91 Å². The van der Waals surface area contributed by atoms with Crippen LogP contribution in [0.2, 0.25) is 0 Å². The Bertz CT molecular complexity index is 1280. The Kier molecular flexibility index (Phi) is 3.92. The van der Waals surface area contributed by atoms with E-state index in [1.54, 1.807) is 11.0 Å². The van der Waals surface area contributed by atoms with E-state index in [2.05, 4.69) is 23.5 Å². The van der Waals surface area contributed by atoms with E-state index >= 15 is 0 Å². The minimum atomic E-state index is -0.135. The Balaban J connectivity index is 1.53. The van der Waals surface area contributed by atoms with Gasteiger partial charge in [-0.3, -0.25) is 9.69 Å². The molecule has 1 N–H and O–H groups in total. The van der Waals surface area contributed by atoms with Crippen molar-refractivity contribution in [1.82, 2.24) is 0 Å². The first-order chi connectivity index (χ1) is 13.7. The van der Waals surface area contributed by atoms with Gasteiger partial charge in [-0.2, -0.15) is 0 Å². The summed E-state index contributed by atoms with van der Waals surface area (Å²) in [5.74, 6) is -0.135. The van der Waals surface area contributed by atoms with Gasteiger partial charge in [-0.05, 0) is 22.9 Å². The molecule has 134 valence electrons. The molecular weight excluding hydrogens is 364 g/mol. The minimum Gasteiger partial charge on any atom is -0.352 e. The molecule has 0 radical (unpaired) electrons. The van der Waals surface area contributed by atoms with Crippen LogP contribution in [0.5, 0.6) is 0 Å². The van der Waals surface area contributed by atoms with Gasteiger partial charge in [-0.1, -0.05) is 85.0 Å². The Labute approximate surface area is 167 Å². The lowest BCUT2D eigenvalue weighted by Gasteiger charge is -2.20. The highest BCUT2D eigenvalue weighted by Gasteiger charge is 2.30. The standard InChI is InChI=1S/C24H16N2OS/c27-23-15-21(25-20-13-5-9-16-7-1-3-11-18(16)20)24(28)26(23)22-14-6-10-17-8-2-4-12-19(17)22/h1-15,25H. The molecule has 4 heteroatoms. The number of nitrogens with one attached hydrogen (secondary N) is 1. The van der Waals surface area contributed by atoms with Crippen molar-refractivity contribution in [3.8, 4) is 0 Å². The van der Waals surface area contributed by atoms with E-state index < -0.39 is 0 Å². The number of fused-ring (bicyclic) bond motifs is 2. The van der Waals surface area contributed by atoms with E-state index in [0.29, 0.717) is 10.7 Å². The number of hydrogen-bond donors (Lipinski definition) is 1. The monoisotopic (exact) mass is 380 g/mol. The summed E-state index contributed by atoms with van der Waals surface area (Å²) in [4.78, 5) is 14.9. The maximum Gasteiger partial charge on any atom is 0.258 e. The highest BCUT2D eigenvalue weighted by atomic mass is 32.1. The third-order valence-electron chi connectivity index (χ3n) is 4.99. The van der Waals surface area contributed by atoms with Crippen LogP contribution in [0.3, 0.4) is 0 Å². The third-order valence-corrected chi connectivity index (χ3v) is 5.39. The van der Waals surface area contributed by atoms with Crippen LogP contribution in [0.4, 0.5) is 11.4 Å². The van der Waals surface area contributed by atoms with Gasteiger partial charge in [-0.15, -0.1) is 0 Å². The van der Waals surface area contributed by atoms with Gasteiger partial charge in [0.25, 0.3) is 5.91 Å². The summed E-state index contributed by atoms with van der Waals surface area (Å²) in [6, 6.07) is 28.1. The average molecular weight is 380 g/mol. The summed E-state index contributed by atoms with van der Waals surface area (Å²) in [5.41, 5.74) is 2.38. The van der Waals surface area contributed by atoms with Crippen molar-refractivity contribution in [2.24, 2.45) is 0 Å². The molecule has 0 aromatic heterocycles. The van der Waals surface area contributed by atoms with Gasteiger partial charge in [0.1, 0.15) is 4.99 Å². The Morgan fingerprint density at radius 2 is 1.32 bits per heavy atom. The molecule has 0 unspecified atom stereocenters. The van der Waals surface area contributed by atoms with Gasteiger partial charge in [0.05, 0.1) is 11.4 Å². The van der Waals surface area contributed by atoms with Gasteiger partial charge in [0.15, 0.2) is 0 Å². The predicted molar refractivity (Wildman–Crippen MR) is 120 cm³/mol. The summed E-state index contributed by atoms with van der Waals surface area (Å²) in [6.07, 6.45) is 1.58.